The van der Waals surface area contributed by atoms with Crippen LogP contribution in [0.15, 0.2) is 0 Å². The molecule has 11 atom stereocenters. The monoisotopic (exact) mass is 496 g/mol. The van der Waals surface area contributed by atoms with Gasteiger partial charge in [-0.3, -0.25) is 4.79 Å². The van der Waals surface area contributed by atoms with Crippen molar-refractivity contribution in [1.82, 2.24) is 0 Å². The zero-order valence-corrected chi connectivity index (χ0v) is 23.5. The summed E-state index contributed by atoms with van der Waals surface area (Å²) in [6.45, 7) is 17.4. The minimum Gasteiger partial charge on any atom is -0.459 e. The molecule has 4 saturated carbocycles. The number of esters is 1. The van der Waals surface area contributed by atoms with Gasteiger partial charge in [-0.05, 0) is 85.2 Å². The van der Waals surface area contributed by atoms with Gasteiger partial charge in [0.2, 0.25) is 0 Å². The highest BCUT2D eigenvalue weighted by Crippen LogP contribution is 2.67. The van der Waals surface area contributed by atoms with Gasteiger partial charge in [0.25, 0.3) is 0 Å². The van der Waals surface area contributed by atoms with E-state index >= 15 is 0 Å². The van der Waals surface area contributed by atoms with Crippen molar-refractivity contribution < 1.29 is 29.3 Å². The summed E-state index contributed by atoms with van der Waals surface area (Å²) < 4.78 is 12.6. The molecule has 0 heterocycles. The molecule has 4 fully saturated rings. The maximum atomic E-state index is 11.8. The summed E-state index contributed by atoms with van der Waals surface area (Å²) in [5.41, 5.74) is -0.299. The zero-order chi connectivity index (χ0) is 25.4. The number of carbonyl (C=O) groups excluding carboxylic acids is 1. The molecule has 34 heavy (non-hydrogen) atoms. The summed E-state index contributed by atoms with van der Waals surface area (Å²) in [5.74, 6) is -0.388. The lowest BCUT2D eigenvalue weighted by atomic mass is 9.43. The second kappa shape index (κ2) is 8.54. The third-order valence-electron chi connectivity index (χ3n) is 11.2. The molecule has 196 valence electrons. The first-order chi connectivity index (χ1) is 15.5. The number of rotatable bonds is 3. The molecular formula is C27H48O6Si. The van der Waals surface area contributed by atoms with E-state index in [0.29, 0.717) is 12.3 Å². The van der Waals surface area contributed by atoms with E-state index in [0.717, 1.165) is 32.1 Å². The Balaban J connectivity index is 1.64. The van der Waals surface area contributed by atoms with Gasteiger partial charge in [-0.25, -0.2) is 0 Å². The summed E-state index contributed by atoms with van der Waals surface area (Å²) in [6, 6.07) is 0. The molecule has 3 N–H and O–H groups in total. The highest BCUT2D eigenvalue weighted by molar-refractivity contribution is 6.74. The average molecular weight is 497 g/mol. The fourth-order valence-corrected chi connectivity index (χ4v) is 9.78. The zero-order valence-electron chi connectivity index (χ0n) is 22.5. The standard InChI is InChI=1S/C27H48O6Si/c1-15(28)32-24-18(29)12-14-27(6)17-11-13-26(5)16(20(17)22(30)23(31)21(24)27)9-10-19(26)33-34(7,8)25(2,3)4/h16-24,29-31H,9-14H2,1-8H3/t16?,17?,18-,19+,20?,21?,22-,23-,24+,26+,27-/m1/s1. The van der Waals surface area contributed by atoms with Crippen molar-refractivity contribution >= 4 is 14.3 Å². The van der Waals surface area contributed by atoms with Gasteiger partial charge in [0.05, 0.1) is 24.4 Å². The SMILES string of the molecule is CC(=O)O[C@@H]1C2[C@@H](O)[C@H](O)C3C(CC[C@@]4(C)C3CC[C@@H]4O[Si](C)(C)C(C)(C)C)[C@@]2(C)CC[C@H]1O. The van der Waals surface area contributed by atoms with E-state index < -0.39 is 44.6 Å². The average Bonchev–Trinajstić information content (AvgIpc) is 3.03. The Morgan fingerprint density at radius 1 is 0.912 bits per heavy atom. The van der Waals surface area contributed by atoms with Crippen LogP contribution < -0.4 is 0 Å². The second-order valence-electron chi connectivity index (χ2n) is 14.0. The molecule has 4 rings (SSSR count). The molecule has 4 aliphatic rings. The van der Waals surface area contributed by atoms with Crippen LogP contribution in [0.5, 0.6) is 0 Å². The van der Waals surface area contributed by atoms with Crippen molar-refractivity contribution in [2.24, 2.45) is 34.5 Å². The molecule has 0 aromatic heterocycles. The number of aliphatic hydroxyl groups is 3. The Morgan fingerprint density at radius 2 is 1.50 bits per heavy atom. The van der Waals surface area contributed by atoms with Crippen LogP contribution in [0, 0.1) is 34.5 Å². The van der Waals surface area contributed by atoms with E-state index in [9.17, 15) is 20.1 Å². The Hall–Kier alpha value is -0.473. The van der Waals surface area contributed by atoms with E-state index in [-0.39, 0.29) is 33.8 Å². The molecule has 0 radical (unpaired) electrons. The van der Waals surface area contributed by atoms with Gasteiger partial charge >= 0.3 is 5.97 Å². The van der Waals surface area contributed by atoms with Crippen molar-refractivity contribution in [3.05, 3.63) is 0 Å². The van der Waals surface area contributed by atoms with E-state index in [4.69, 9.17) is 9.16 Å². The van der Waals surface area contributed by atoms with Crippen LogP contribution in [0.1, 0.15) is 80.1 Å². The maximum absolute atomic E-state index is 11.8. The van der Waals surface area contributed by atoms with Gasteiger partial charge in [-0.2, -0.15) is 0 Å². The number of hydrogen-bond acceptors (Lipinski definition) is 6. The Morgan fingerprint density at radius 3 is 2.09 bits per heavy atom. The molecule has 6 nitrogen and oxygen atoms in total. The summed E-state index contributed by atoms with van der Waals surface area (Å²) in [4.78, 5) is 11.8. The molecule has 0 aromatic rings. The van der Waals surface area contributed by atoms with Gasteiger partial charge in [-0.15, -0.1) is 0 Å². The van der Waals surface area contributed by atoms with Crippen LogP contribution in [0.4, 0.5) is 0 Å². The van der Waals surface area contributed by atoms with Crippen molar-refractivity contribution in [2.75, 3.05) is 0 Å². The number of carbonyl (C=O) groups is 1. The smallest absolute Gasteiger partial charge is 0.303 e. The molecule has 7 heteroatoms. The fourth-order valence-electron chi connectivity index (χ4n) is 8.32. The lowest BCUT2D eigenvalue weighted by Gasteiger charge is -2.64. The van der Waals surface area contributed by atoms with Gasteiger partial charge in [0, 0.05) is 12.8 Å². The van der Waals surface area contributed by atoms with E-state index in [1.807, 2.05) is 0 Å². The quantitative estimate of drug-likeness (QED) is 0.399. The van der Waals surface area contributed by atoms with Crippen LogP contribution in [0.3, 0.4) is 0 Å². The first-order valence-electron chi connectivity index (χ1n) is 13.4. The third kappa shape index (κ3) is 3.92. The topological polar surface area (TPSA) is 96.2 Å². The predicted molar refractivity (Wildman–Crippen MR) is 134 cm³/mol. The largest absolute Gasteiger partial charge is 0.459 e. The first kappa shape index (κ1) is 26.6. The molecular weight excluding hydrogens is 448 g/mol. The lowest BCUT2D eigenvalue weighted by molar-refractivity contribution is -0.256. The molecule has 0 aromatic carbocycles. The highest BCUT2D eigenvalue weighted by Gasteiger charge is 2.67. The fraction of sp³-hybridized carbons (Fsp3) is 0.963. The third-order valence-corrected chi connectivity index (χ3v) is 15.7. The molecule has 0 spiro atoms. The van der Waals surface area contributed by atoms with Crippen LogP contribution >= 0.6 is 0 Å². The molecule has 0 saturated heterocycles. The number of ether oxygens (including phenoxy) is 1. The summed E-state index contributed by atoms with van der Waals surface area (Å²) >= 11 is 0. The molecule has 4 unspecified atom stereocenters. The van der Waals surface area contributed by atoms with Crippen molar-refractivity contribution in [2.45, 2.75) is 129 Å². The first-order valence-corrected chi connectivity index (χ1v) is 16.3. The maximum Gasteiger partial charge on any atom is 0.303 e. The number of hydrogen-bond donors (Lipinski definition) is 3. The predicted octanol–water partition coefficient (Wildman–Crippen LogP) is 4.26. The molecule has 0 amide bonds. The molecule has 4 aliphatic carbocycles. The van der Waals surface area contributed by atoms with Crippen molar-refractivity contribution in [3.63, 3.8) is 0 Å². The van der Waals surface area contributed by atoms with Crippen LogP contribution in [0.2, 0.25) is 18.1 Å². The van der Waals surface area contributed by atoms with Gasteiger partial charge < -0.3 is 24.5 Å². The van der Waals surface area contributed by atoms with Crippen molar-refractivity contribution in [1.29, 1.82) is 0 Å². The second-order valence-corrected chi connectivity index (χ2v) is 18.7. The summed E-state index contributed by atoms with van der Waals surface area (Å²) in [5, 5.41) is 33.9. The Kier molecular flexibility index (Phi) is 6.68. The number of aliphatic hydroxyl groups excluding tert-OH is 3. The van der Waals surface area contributed by atoms with Gasteiger partial charge in [-0.1, -0.05) is 34.6 Å². The van der Waals surface area contributed by atoms with E-state index in [1.165, 1.54) is 6.92 Å². The highest BCUT2D eigenvalue weighted by atomic mass is 28.4. The molecule has 0 aliphatic heterocycles. The van der Waals surface area contributed by atoms with Gasteiger partial charge in [0.1, 0.15) is 6.10 Å². The Bertz CT molecular complexity index is 794. The van der Waals surface area contributed by atoms with E-state index in [2.05, 4.69) is 47.7 Å². The van der Waals surface area contributed by atoms with E-state index in [1.54, 1.807) is 0 Å². The minimum absolute atomic E-state index is 0.00348. The normalized spacial score (nSPS) is 49.1. The van der Waals surface area contributed by atoms with Crippen molar-refractivity contribution in [3.8, 4) is 0 Å². The molecule has 0 bridgehead atoms. The summed E-state index contributed by atoms with van der Waals surface area (Å²) in [7, 11) is -1.93. The Labute approximate surface area is 206 Å². The minimum atomic E-state index is -1.93. The summed E-state index contributed by atoms with van der Waals surface area (Å²) in [6.07, 6.45) is 2.07. The lowest BCUT2D eigenvalue weighted by Crippen LogP contribution is -2.68. The van der Waals surface area contributed by atoms with Crippen LogP contribution in [-0.2, 0) is 14.0 Å². The van der Waals surface area contributed by atoms with Gasteiger partial charge in [0.15, 0.2) is 8.32 Å². The number of fused-ring (bicyclic) bond motifs is 5. The van der Waals surface area contributed by atoms with Crippen LogP contribution in [0.25, 0.3) is 0 Å². The van der Waals surface area contributed by atoms with Crippen LogP contribution in [-0.4, -0.2) is 60.1 Å².